The number of nitrogens with zero attached hydrogens (tertiary/aromatic N) is 1. The lowest BCUT2D eigenvalue weighted by atomic mass is 9.60. The quantitative estimate of drug-likeness (QED) is 0.376. The maximum atomic E-state index is 8.88. The fraction of sp³-hybridized carbons (Fsp3) is 0.909. The van der Waals surface area contributed by atoms with Crippen LogP contribution in [0.2, 0.25) is 0 Å². The first-order valence-electron chi connectivity index (χ1n) is 5.46. The second-order valence-corrected chi connectivity index (χ2v) is 4.82. The molecule has 0 aromatic rings. The topological polar surface area (TPSA) is 32.6 Å². The lowest BCUT2D eigenvalue weighted by Gasteiger charge is -2.44. The second-order valence-electron chi connectivity index (χ2n) is 4.82. The Kier molecular flexibility index (Phi) is 2.31. The zero-order valence-corrected chi connectivity index (χ0v) is 8.42. The molecule has 0 unspecified atom stereocenters. The van der Waals surface area contributed by atoms with Crippen LogP contribution in [0, 0.1) is 11.3 Å². The van der Waals surface area contributed by atoms with E-state index in [2.05, 4.69) is 5.16 Å². The highest BCUT2D eigenvalue weighted by atomic mass is 16.4. The summed E-state index contributed by atoms with van der Waals surface area (Å²) in [5.41, 5.74) is 1.27. The summed E-state index contributed by atoms with van der Waals surface area (Å²) in [6.07, 6.45) is 9.25. The summed E-state index contributed by atoms with van der Waals surface area (Å²) in [4.78, 5) is 0. The van der Waals surface area contributed by atoms with E-state index in [0.29, 0.717) is 0 Å². The Labute approximate surface area is 80.0 Å². The number of hydrogen-bond acceptors (Lipinski definition) is 2. The first kappa shape index (κ1) is 9.04. The standard InChI is InChI=1S/C11H19NO/c1-9(12-13)11-6-2-4-10(8-11)5-3-7-11/h10,13H,2-8H2,1H3/b12-9-. The van der Waals surface area contributed by atoms with E-state index in [1.165, 1.54) is 44.9 Å². The summed E-state index contributed by atoms with van der Waals surface area (Å²) >= 11 is 0. The lowest BCUT2D eigenvalue weighted by molar-refractivity contribution is 0.136. The van der Waals surface area contributed by atoms with Crippen LogP contribution in [0.4, 0.5) is 0 Å². The molecule has 2 heteroatoms. The molecule has 2 rings (SSSR count). The molecule has 2 bridgehead atoms. The number of hydrogen-bond donors (Lipinski definition) is 1. The molecule has 0 aromatic carbocycles. The van der Waals surface area contributed by atoms with Crippen molar-refractivity contribution in [1.82, 2.24) is 0 Å². The third-order valence-corrected chi connectivity index (χ3v) is 4.13. The largest absolute Gasteiger partial charge is 0.411 e. The fourth-order valence-electron chi connectivity index (χ4n) is 3.30. The van der Waals surface area contributed by atoms with E-state index in [1.54, 1.807) is 0 Å². The molecule has 2 fully saturated rings. The van der Waals surface area contributed by atoms with Crippen molar-refractivity contribution in [3.05, 3.63) is 0 Å². The molecule has 74 valence electrons. The molecule has 0 radical (unpaired) electrons. The van der Waals surface area contributed by atoms with Gasteiger partial charge in [-0.1, -0.05) is 30.8 Å². The maximum absolute atomic E-state index is 8.88. The van der Waals surface area contributed by atoms with Crippen molar-refractivity contribution < 1.29 is 5.21 Å². The smallest absolute Gasteiger partial charge is 0.0601 e. The van der Waals surface area contributed by atoms with Gasteiger partial charge in [0.05, 0.1) is 5.71 Å². The summed E-state index contributed by atoms with van der Waals surface area (Å²) in [5, 5.41) is 12.3. The summed E-state index contributed by atoms with van der Waals surface area (Å²) in [5.74, 6) is 0.916. The van der Waals surface area contributed by atoms with Gasteiger partial charge in [-0.2, -0.15) is 0 Å². The Morgan fingerprint density at radius 2 is 1.92 bits per heavy atom. The van der Waals surface area contributed by atoms with Crippen LogP contribution in [0.15, 0.2) is 5.16 Å². The Hall–Kier alpha value is -0.530. The fourth-order valence-corrected chi connectivity index (χ4v) is 3.30. The average molecular weight is 181 g/mol. The Bertz CT molecular complexity index is 212. The van der Waals surface area contributed by atoms with Gasteiger partial charge in [-0.25, -0.2) is 0 Å². The predicted octanol–water partition coefficient (Wildman–Crippen LogP) is 3.20. The molecular weight excluding hydrogens is 162 g/mol. The van der Waals surface area contributed by atoms with Gasteiger partial charge in [0.15, 0.2) is 0 Å². The monoisotopic (exact) mass is 181 g/mol. The van der Waals surface area contributed by atoms with E-state index in [-0.39, 0.29) is 5.41 Å². The van der Waals surface area contributed by atoms with E-state index in [0.717, 1.165) is 11.6 Å². The summed E-state index contributed by atoms with van der Waals surface area (Å²) < 4.78 is 0. The predicted molar refractivity (Wildman–Crippen MR) is 53.1 cm³/mol. The molecule has 0 spiro atoms. The van der Waals surface area contributed by atoms with E-state index in [1.807, 2.05) is 6.92 Å². The van der Waals surface area contributed by atoms with Gasteiger partial charge in [0, 0.05) is 5.41 Å². The molecule has 0 heterocycles. The highest BCUT2D eigenvalue weighted by Gasteiger charge is 2.41. The molecule has 0 aliphatic heterocycles. The Morgan fingerprint density at radius 3 is 2.46 bits per heavy atom. The number of rotatable bonds is 1. The SMILES string of the molecule is C/C(=N/O)C12CCCC(CCC1)C2. The van der Waals surface area contributed by atoms with Crippen molar-refractivity contribution in [2.24, 2.45) is 16.5 Å². The van der Waals surface area contributed by atoms with Crippen LogP contribution in [0.25, 0.3) is 0 Å². The van der Waals surface area contributed by atoms with Crippen molar-refractivity contribution in [2.75, 3.05) is 0 Å². The van der Waals surface area contributed by atoms with Gasteiger partial charge in [-0.3, -0.25) is 0 Å². The maximum Gasteiger partial charge on any atom is 0.0601 e. The van der Waals surface area contributed by atoms with E-state index < -0.39 is 0 Å². The minimum Gasteiger partial charge on any atom is -0.411 e. The molecule has 0 aromatic heterocycles. The first-order valence-corrected chi connectivity index (χ1v) is 5.46. The van der Waals surface area contributed by atoms with Crippen LogP contribution in [-0.2, 0) is 0 Å². The molecule has 0 amide bonds. The normalized spacial score (nSPS) is 40.4. The third-order valence-electron chi connectivity index (χ3n) is 4.13. The van der Waals surface area contributed by atoms with Crippen molar-refractivity contribution in [3.63, 3.8) is 0 Å². The molecule has 2 aliphatic rings. The van der Waals surface area contributed by atoms with Crippen LogP contribution in [-0.4, -0.2) is 10.9 Å². The highest BCUT2D eigenvalue weighted by molar-refractivity contribution is 5.87. The van der Waals surface area contributed by atoms with Gasteiger partial charge in [-0.05, 0) is 32.1 Å². The van der Waals surface area contributed by atoms with Crippen LogP contribution in [0.5, 0.6) is 0 Å². The average Bonchev–Trinajstić information content (AvgIpc) is 2.17. The molecule has 13 heavy (non-hydrogen) atoms. The van der Waals surface area contributed by atoms with Crippen molar-refractivity contribution >= 4 is 5.71 Å². The molecule has 2 saturated carbocycles. The van der Waals surface area contributed by atoms with Gasteiger partial charge in [-0.15, -0.1) is 0 Å². The van der Waals surface area contributed by atoms with Crippen molar-refractivity contribution in [2.45, 2.75) is 51.9 Å². The van der Waals surface area contributed by atoms with Crippen molar-refractivity contribution in [1.29, 1.82) is 0 Å². The molecule has 0 saturated heterocycles. The molecule has 2 aliphatic carbocycles. The Morgan fingerprint density at radius 1 is 1.31 bits per heavy atom. The minimum atomic E-state index is 0.288. The molecule has 2 nitrogen and oxygen atoms in total. The van der Waals surface area contributed by atoms with Crippen LogP contribution in [0.1, 0.15) is 51.9 Å². The molecular formula is C11H19NO. The molecule has 0 atom stereocenters. The van der Waals surface area contributed by atoms with Gasteiger partial charge in [0.25, 0.3) is 0 Å². The zero-order valence-electron chi connectivity index (χ0n) is 8.42. The lowest BCUT2D eigenvalue weighted by Crippen LogP contribution is -2.38. The number of oxime groups is 1. The van der Waals surface area contributed by atoms with Crippen LogP contribution < -0.4 is 0 Å². The van der Waals surface area contributed by atoms with Crippen LogP contribution in [0.3, 0.4) is 0 Å². The highest BCUT2D eigenvalue weighted by Crippen LogP contribution is 2.49. The van der Waals surface area contributed by atoms with Gasteiger partial charge in [0.2, 0.25) is 0 Å². The van der Waals surface area contributed by atoms with Gasteiger partial charge < -0.3 is 5.21 Å². The summed E-state index contributed by atoms with van der Waals surface area (Å²) in [6.45, 7) is 1.99. The van der Waals surface area contributed by atoms with E-state index >= 15 is 0 Å². The zero-order chi connectivity index (χ0) is 9.31. The minimum absolute atomic E-state index is 0.288. The summed E-state index contributed by atoms with van der Waals surface area (Å²) in [6, 6.07) is 0. The van der Waals surface area contributed by atoms with E-state index in [9.17, 15) is 0 Å². The summed E-state index contributed by atoms with van der Waals surface area (Å²) in [7, 11) is 0. The van der Waals surface area contributed by atoms with Crippen molar-refractivity contribution in [3.8, 4) is 0 Å². The molecule has 1 N–H and O–H groups in total. The van der Waals surface area contributed by atoms with Gasteiger partial charge in [0.1, 0.15) is 0 Å². The third kappa shape index (κ3) is 1.47. The first-order chi connectivity index (χ1) is 6.27. The van der Waals surface area contributed by atoms with Gasteiger partial charge >= 0.3 is 0 Å². The Balaban J connectivity index is 2.19. The number of fused-ring (bicyclic) bond motifs is 2. The second kappa shape index (κ2) is 3.32. The van der Waals surface area contributed by atoms with Crippen LogP contribution >= 0.6 is 0 Å². The van der Waals surface area contributed by atoms with E-state index in [4.69, 9.17) is 5.21 Å².